The quantitative estimate of drug-likeness (QED) is 0.905. The summed E-state index contributed by atoms with van der Waals surface area (Å²) in [7, 11) is 0. The highest BCUT2D eigenvalue weighted by atomic mass is 19.1. The summed E-state index contributed by atoms with van der Waals surface area (Å²) < 4.78 is 18.8. The minimum atomic E-state index is -0.246. The Morgan fingerprint density at radius 1 is 1.37 bits per heavy atom. The predicted octanol–water partition coefficient (Wildman–Crippen LogP) is 2.73. The van der Waals surface area contributed by atoms with Gasteiger partial charge >= 0.3 is 0 Å². The molecule has 3 unspecified atom stereocenters. The van der Waals surface area contributed by atoms with Gasteiger partial charge in [0.15, 0.2) is 0 Å². The van der Waals surface area contributed by atoms with Crippen molar-refractivity contribution in [2.75, 3.05) is 31.6 Å². The zero-order valence-electron chi connectivity index (χ0n) is 11.4. The van der Waals surface area contributed by atoms with E-state index in [-0.39, 0.29) is 5.82 Å². The third-order valence-electron chi connectivity index (χ3n) is 4.22. The molecule has 0 spiro atoms. The Labute approximate surface area is 113 Å². The molecule has 0 radical (unpaired) electrons. The number of ether oxygens (including phenoxy) is 1. The van der Waals surface area contributed by atoms with Crippen molar-refractivity contribution in [3.8, 4) is 5.75 Å². The van der Waals surface area contributed by atoms with Crippen molar-refractivity contribution in [2.24, 2.45) is 5.92 Å². The normalized spacial score (nSPS) is 29.3. The van der Waals surface area contributed by atoms with Gasteiger partial charge in [-0.1, -0.05) is 0 Å². The molecule has 1 aromatic carbocycles. The standard InChI is InChI=1S/C15H21FN2O/c1-2-19-15-9-12(16)3-4-14(15)17-13-6-8-18-7-5-11(13)10-18/h3-4,9,11,13,17H,2,5-8,10H2,1H3. The van der Waals surface area contributed by atoms with Crippen LogP contribution in [0.1, 0.15) is 19.8 Å². The summed E-state index contributed by atoms with van der Waals surface area (Å²) in [4.78, 5) is 2.52. The van der Waals surface area contributed by atoms with Crippen LogP contribution in [0.25, 0.3) is 0 Å². The van der Waals surface area contributed by atoms with Crippen molar-refractivity contribution >= 4 is 5.69 Å². The molecule has 2 bridgehead atoms. The first kappa shape index (κ1) is 12.7. The van der Waals surface area contributed by atoms with Gasteiger partial charge in [-0.25, -0.2) is 4.39 Å². The van der Waals surface area contributed by atoms with E-state index in [1.165, 1.54) is 38.2 Å². The highest BCUT2D eigenvalue weighted by molar-refractivity contribution is 5.57. The lowest BCUT2D eigenvalue weighted by molar-refractivity contribution is 0.254. The van der Waals surface area contributed by atoms with Gasteiger partial charge in [-0.05, 0) is 44.4 Å². The zero-order chi connectivity index (χ0) is 13.2. The summed E-state index contributed by atoms with van der Waals surface area (Å²) >= 11 is 0. The molecule has 104 valence electrons. The number of hydrogen-bond acceptors (Lipinski definition) is 3. The summed E-state index contributed by atoms with van der Waals surface area (Å²) in [6.45, 7) is 6.07. The van der Waals surface area contributed by atoms with Crippen LogP contribution in [0.3, 0.4) is 0 Å². The van der Waals surface area contributed by atoms with E-state index >= 15 is 0 Å². The third kappa shape index (κ3) is 2.68. The van der Waals surface area contributed by atoms with E-state index in [4.69, 9.17) is 4.74 Å². The van der Waals surface area contributed by atoms with Crippen molar-refractivity contribution in [3.05, 3.63) is 24.0 Å². The van der Waals surface area contributed by atoms with E-state index in [2.05, 4.69) is 10.2 Å². The summed E-state index contributed by atoms with van der Waals surface area (Å²) in [5, 5.41) is 3.57. The van der Waals surface area contributed by atoms with Crippen LogP contribution in [0.15, 0.2) is 18.2 Å². The largest absolute Gasteiger partial charge is 0.492 e. The molecule has 3 atom stereocenters. The van der Waals surface area contributed by atoms with Crippen molar-refractivity contribution < 1.29 is 9.13 Å². The topological polar surface area (TPSA) is 24.5 Å². The molecular weight excluding hydrogens is 243 g/mol. The Morgan fingerprint density at radius 2 is 2.21 bits per heavy atom. The fourth-order valence-electron chi connectivity index (χ4n) is 3.23. The van der Waals surface area contributed by atoms with Gasteiger partial charge < -0.3 is 15.0 Å². The van der Waals surface area contributed by atoms with Crippen molar-refractivity contribution in [1.82, 2.24) is 4.90 Å². The molecule has 0 amide bonds. The minimum Gasteiger partial charge on any atom is -0.492 e. The molecule has 2 heterocycles. The van der Waals surface area contributed by atoms with Crippen LogP contribution in [-0.4, -0.2) is 37.2 Å². The zero-order valence-corrected chi connectivity index (χ0v) is 11.4. The Morgan fingerprint density at radius 3 is 3.05 bits per heavy atom. The maximum Gasteiger partial charge on any atom is 0.145 e. The van der Waals surface area contributed by atoms with Gasteiger partial charge in [-0.15, -0.1) is 0 Å². The SMILES string of the molecule is CCOc1cc(F)ccc1NC1CCN2CCC1C2. The van der Waals surface area contributed by atoms with E-state index < -0.39 is 0 Å². The number of hydrogen-bond donors (Lipinski definition) is 1. The molecule has 2 saturated heterocycles. The van der Waals surface area contributed by atoms with Crippen LogP contribution in [-0.2, 0) is 0 Å². The molecule has 0 aromatic heterocycles. The van der Waals surface area contributed by atoms with Crippen molar-refractivity contribution in [3.63, 3.8) is 0 Å². The molecule has 2 aliphatic heterocycles. The number of anilines is 1. The van der Waals surface area contributed by atoms with E-state index in [0.29, 0.717) is 24.3 Å². The van der Waals surface area contributed by atoms with E-state index in [9.17, 15) is 4.39 Å². The maximum atomic E-state index is 13.3. The lowest BCUT2D eigenvalue weighted by Gasteiger charge is -2.32. The number of nitrogens with zero attached hydrogens (tertiary/aromatic N) is 1. The van der Waals surface area contributed by atoms with Gasteiger partial charge in [0.25, 0.3) is 0 Å². The fraction of sp³-hybridized carbons (Fsp3) is 0.600. The lowest BCUT2D eigenvalue weighted by atomic mass is 9.94. The molecule has 3 nitrogen and oxygen atoms in total. The minimum absolute atomic E-state index is 0.246. The molecule has 2 aliphatic rings. The van der Waals surface area contributed by atoms with Crippen LogP contribution in [0.4, 0.5) is 10.1 Å². The van der Waals surface area contributed by atoms with Gasteiger partial charge in [0, 0.05) is 25.2 Å². The Hall–Kier alpha value is -1.29. The van der Waals surface area contributed by atoms with Gasteiger partial charge in [-0.2, -0.15) is 0 Å². The van der Waals surface area contributed by atoms with Gasteiger partial charge in [0.05, 0.1) is 12.3 Å². The monoisotopic (exact) mass is 264 g/mol. The third-order valence-corrected chi connectivity index (χ3v) is 4.22. The van der Waals surface area contributed by atoms with E-state index in [0.717, 1.165) is 12.1 Å². The predicted molar refractivity (Wildman–Crippen MR) is 74.1 cm³/mol. The molecule has 1 N–H and O–H groups in total. The second kappa shape index (κ2) is 5.37. The van der Waals surface area contributed by atoms with Crippen LogP contribution in [0.2, 0.25) is 0 Å². The molecular formula is C15H21FN2O. The second-order valence-corrected chi connectivity index (χ2v) is 5.46. The second-order valence-electron chi connectivity index (χ2n) is 5.46. The Balaban J connectivity index is 1.75. The van der Waals surface area contributed by atoms with Crippen molar-refractivity contribution in [1.29, 1.82) is 0 Å². The molecule has 3 rings (SSSR count). The number of halogens is 1. The summed E-state index contributed by atoms with van der Waals surface area (Å²) in [5.41, 5.74) is 0.925. The maximum absolute atomic E-state index is 13.3. The molecule has 0 saturated carbocycles. The van der Waals surface area contributed by atoms with Crippen molar-refractivity contribution in [2.45, 2.75) is 25.8 Å². The number of fused-ring (bicyclic) bond motifs is 2. The number of piperidine rings is 1. The van der Waals surface area contributed by atoms with Crippen LogP contribution in [0.5, 0.6) is 5.75 Å². The molecule has 19 heavy (non-hydrogen) atoms. The summed E-state index contributed by atoms with van der Waals surface area (Å²) in [5.74, 6) is 1.10. The first-order valence-corrected chi connectivity index (χ1v) is 7.17. The summed E-state index contributed by atoms with van der Waals surface area (Å²) in [6, 6.07) is 5.25. The number of rotatable bonds is 4. The lowest BCUT2D eigenvalue weighted by Crippen LogP contribution is -2.39. The smallest absolute Gasteiger partial charge is 0.145 e. The first-order valence-electron chi connectivity index (χ1n) is 7.17. The first-order chi connectivity index (χ1) is 9.26. The number of nitrogens with one attached hydrogen (secondary N) is 1. The van der Waals surface area contributed by atoms with Gasteiger partial charge in [0.1, 0.15) is 11.6 Å². The Bertz CT molecular complexity index is 452. The van der Waals surface area contributed by atoms with Crippen LogP contribution in [0, 0.1) is 11.7 Å². The van der Waals surface area contributed by atoms with E-state index in [1.807, 2.05) is 6.92 Å². The molecule has 1 aromatic rings. The van der Waals surface area contributed by atoms with E-state index in [1.54, 1.807) is 6.07 Å². The average Bonchev–Trinajstić information content (AvgIpc) is 2.79. The van der Waals surface area contributed by atoms with Gasteiger partial charge in [-0.3, -0.25) is 0 Å². The molecule has 0 aliphatic carbocycles. The molecule has 2 fully saturated rings. The summed E-state index contributed by atoms with van der Waals surface area (Å²) in [6.07, 6.45) is 2.43. The average molecular weight is 264 g/mol. The Kier molecular flexibility index (Phi) is 3.60. The van der Waals surface area contributed by atoms with Crippen LogP contribution >= 0.6 is 0 Å². The highest BCUT2D eigenvalue weighted by Crippen LogP contribution is 2.32. The number of benzene rings is 1. The molecule has 4 heteroatoms. The van der Waals surface area contributed by atoms with Crippen LogP contribution < -0.4 is 10.1 Å². The highest BCUT2D eigenvalue weighted by Gasteiger charge is 2.34. The fourth-order valence-corrected chi connectivity index (χ4v) is 3.23. The van der Waals surface area contributed by atoms with Gasteiger partial charge in [0.2, 0.25) is 0 Å².